The molecular weight excluding hydrogens is 240 g/mol. The Labute approximate surface area is 112 Å². The van der Waals surface area contributed by atoms with Gasteiger partial charge in [-0.1, -0.05) is 23.4 Å². The van der Waals surface area contributed by atoms with Gasteiger partial charge in [0.05, 0.1) is 6.54 Å². The lowest BCUT2D eigenvalue weighted by atomic mass is 10.1. The molecule has 2 aromatic rings. The Kier molecular flexibility index (Phi) is 3.21. The molecule has 19 heavy (non-hydrogen) atoms. The molecule has 0 saturated carbocycles. The Hall–Kier alpha value is -1.88. The number of para-hydroxylation sites is 1. The fourth-order valence-corrected chi connectivity index (χ4v) is 2.46. The predicted molar refractivity (Wildman–Crippen MR) is 72.8 cm³/mol. The molecule has 1 aromatic carbocycles. The Balaban J connectivity index is 1.89. The highest BCUT2D eigenvalue weighted by atomic mass is 16.5. The SMILES string of the molecule is Cc1noc(CN2CC(C)NCc3ccccc32)n1. The van der Waals surface area contributed by atoms with Crippen LogP contribution in [0.15, 0.2) is 28.8 Å². The molecule has 0 radical (unpaired) electrons. The fraction of sp³-hybridized carbons (Fsp3) is 0.429. The maximum atomic E-state index is 5.23. The number of anilines is 1. The Morgan fingerprint density at radius 2 is 2.26 bits per heavy atom. The summed E-state index contributed by atoms with van der Waals surface area (Å²) in [4.78, 5) is 6.59. The zero-order valence-electron chi connectivity index (χ0n) is 11.3. The highest BCUT2D eigenvalue weighted by molar-refractivity contribution is 5.54. The summed E-state index contributed by atoms with van der Waals surface area (Å²) in [6.07, 6.45) is 0. The molecule has 1 aliphatic rings. The number of benzene rings is 1. The van der Waals surface area contributed by atoms with Crippen LogP contribution in [-0.4, -0.2) is 22.7 Å². The molecule has 5 nitrogen and oxygen atoms in total. The normalized spacial score (nSPS) is 19.1. The molecule has 1 aromatic heterocycles. The zero-order chi connectivity index (χ0) is 13.2. The van der Waals surface area contributed by atoms with Crippen molar-refractivity contribution in [2.45, 2.75) is 33.0 Å². The van der Waals surface area contributed by atoms with Crippen molar-refractivity contribution in [1.82, 2.24) is 15.5 Å². The standard InChI is InChI=1S/C14H18N4O/c1-10-8-18(9-14-16-11(2)17-19-14)13-6-4-3-5-12(13)7-15-10/h3-6,10,15H,7-9H2,1-2H3. The summed E-state index contributed by atoms with van der Waals surface area (Å²) in [7, 11) is 0. The lowest BCUT2D eigenvalue weighted by molar-refractivity contribution is 0.371. The van der Waals surface area contributed by atoms with Gasteiger partial charge in [-0.25, -0.2) is 0 Å². The molecule has 3 rings (SSSR count). The molecule has 5 heteroatoms. The third-order valence-corrected chi connectivity index (χ3v) is 3.36. The van der Waals surface area contributed by atoms with Crippen LogP contribution in [0.5, 0.6) is 0 Å². The number of hydrogen-bond donors (Lipinski definition) is 1. The van der Waals surface area contributed by atoms with E-state index in [1.807, 2.05) is 6.92 Å². The molecule has 1 atom stereocenters. The summed E-state index contributed by atoms with van der Waals surface area (Å²) in [6, 6.07) is 8.88. The number of nitrogens with zero attached hydrogens (tertiary/aromatic N) is 3. The first-order valence-corrected chi connectivity index (χ1v) is 6.58. The van der Waals surface area contributed by atoms with Gasteiger partial charge in [-0.3, -0.25) is 0 Å². The Morgan fingerprint density at radius 3 is 3.05 bits per heavy atom. The van der Waals surface area contributed by atoms with E-state index >= 15 is 0 Å². The lowest BCUT2D eigenvalue weighted by Gasteiger charge is -2.24. The summed E-state index contributed by atoms with van der Waals surface area (Å²) in [6.45, 7) is 6.52. The second kappa shape index (κ2) is 5.01. The molecule has 1 unspecified atom stereocenters. The summed E-state index contributed by atoms with van der Waals surface area (Å²) in [5.74, 6) is 1.35. The minimum Gasteiger partial charge on any atom is -0.360 e. The quantitative estimate of drug-likeness (QED) is 0.891. The van der Waals surface area contributed by atoms with Gasteiger partial charge in [-0.2, -0.15) is 4.98 Å². The van der Waals surface area contributed by atoms with Gasteiger partial charge in [-0.05, 0) is 25.5 Å². The first-order valence-electron chi connectivity index (χ1n) is 6.58. The van der Waals surface area contributed by atoms with Crippen LogP contribution in [0.4, 0.5) is 5.69 Å². The summed E-state index contributed by atoms with van der Waals surface area (Å²) >= 11 is 0. The van der Waals surface area contributed by atoms with E-state index in [9.17, 15) is 0 Å². The smallest absolute Gasteiger partial charge is 0.246 e. The maximum Gasteiger partial charge on any atom is 0.246 e. The van der Waals surface area contributed by atoms with Crippen molar-refractivity contribution in [2.24, 2.45) is 0 Å². The molecule has 0 saturated heterocycles. The van der Waals surface area contributed by atoms with Crippen LogP contribution < -0.4 is 10.2 Å². The second-order valence-corrected chi connectivity index (χ2v) is 5.03. The highest BCUT2D eigenvalue weighted by Crippen LogP contribution is 2.24. The molecule has 0 amide bonds. The van der Waals surface area contributed by atoms with Crippen molar-refractivity contribution in [1.29, 1.82) is 0 Å². The van der Waals surface area contributed by atoms with Crippen LogP contribution in [-0.2, 0) is 13.1 Å². The number of rotatable bonds is 2. The predicted octanol–water partition coefficient (Wildman–Crippen LogP) is 1.88. The van der Waals surface area contributed by atoms with E-state index in [1.165, 1.54) is 11.3 Å². The average Bonchev–Trinajstić information content (AvgIpc) is 2.74. The van der Waals surface area contributed by atoms with Crippen LogP contribution in [0.1, 0.15) is 24.2 Å². The van der Waals surface area contributed by atoms with E-state index in [1.54, 1.807) is 0 Å². The lowest BCUT2D eigenvalue weighted by Crippen LogP contribution is -2.35. The van der Waals surface area contributed by atoms with Crippen molar-refractivity contribution in [3.63, 3.8) is 0 Å². The number of aromatic nitrogens is 2. The van der Waals surface area contributed by atoms with Crippen molar-refractivity contribution >= 4 is 5.69 Å². The minimum absolute atomic E-state index is 0.427. The van der Waals surface area contributed by atoms with Gasteiger partial charge >= 0.3 is 0 Å². The number of fused-ring (bicyclic) bond motifs is 1. The largest absolute Gasteiger partial charge is 0.360 e. The monoisotopic (exact) mass is 258 g/mol. The van der Waals surface area contributed by atoms with Crippen molar-refractivity contribution in [2.75, 3.05) is 11.4 Å². The molecule has 1 N–H and O–H groups in total. The first kappa shape index (κ1) is 12.2. The molecule has 2 heterocycles. The van der Waals surface area contributed by atoms with Crippen molar-refractivity contribution < 1.29 is 4.52 Å². The van der Waals surface area contributed by atoms with E-state index in [2.05, 4.69) is 51.5 Å². The Morgan fingerprint density at radius 1 is 1.42 bits per heavy atom. The Bertz CT molecular complexity index is 566. The molecule has 0 bridgehead atoms. The maximum absolute atomic E-state index is 5.23. The summed E-state index contributed by atoms with van der Waals surface area (Å²) in [5.41, 5.74) is 2.55. The van der Waals surface area contributed by atoms with Crippen LogP contribution in [0.2, 0.25) is 0 Å². The van der Waals surface area contributed by atoms with Crippen LogP contribution in [0, 0.1) is 6.92 Å². The van der Waals surface area contributed by atoms with Gasteiger partial charge in [0.1, 0.15) is 0 Å². The molecular formula is C14H18N4O. The van der Waals surface area contributed by atoms with Gasteiger partial charge in [0.2, 0.25) is 5.89 Å². The van der Waals surface area contributed by atoms with Gasteiger partial charge in [0.25, 0.3) is 0 Å². The van der Waals surface area contributed by atoms with Crippen molar-refractivity contribution in [3.05, 3.63) is 41.5 Å². The molecule has 1 aliphatic heterocycles. The van der Waals surface area contributed by atoms with Crippen molar-refractivity contribution in [3.8, 4) is 0 Å². The summed E-state index contributed by atoms with van der Waals surface area (Å²) < 4.78 is 5.23. The van der Waals surface area contributed by atoms with E-state index < -0.39 is 0 Å². The third kappa shape index (κ3) is 2.61. The van der Waals surface area contributed by atoms with E-state index in [0.717, 1.165) is 13.1 Å². The second-order valence-electron chi connectivity index (χ2n) is 5.03. The number of aryl methyl sites for hydroxylation is 1. The third-order valence-electron chi connectivity index (χ3n) is 3.36. The van der Waals surface area contributed by atoms with Gasteiger partial charge in [0, 0.05) is 24.8 Å². The van der Waals surface area contributed by atoms with Gasteiger partial charge in [-0.15, -0.1) is 0 Å². The van der Waals surface area contributed by atoms with Crippen LogP contribution >= 0.6 is 0 Å². The first-order chi connectivity index (χ1) is 9.22. The highest BCUT2D eigenvalue weighted by Gasteiger charge is 2.20. The average molecular weight is 258 g/mol. The molecule has 0 aliphatic carbocycles. The van der Waals surface area contributed by atoms with Gasteiger partial charge < -0.3 is 14.7 Å². The molecule has 100 valence electrons. The fourth-order valence-electron chi connectivity index (χ4n) is 2.46. The van der Waals surface area contributed by atoms with E-state index in [-0.39, 0.29) is 0 Å². The topological polar surface area (TPSA) is 54.2 Å². The minimum atomic E-state index is 0.427. The van der Waals surface area contributed by atoms with Crippen LogP contribution in [0.3, 0.4) is 0 Å². The van der Waals surface area contributed by atoms with E-state index in [4.69, 9.17) is 4.52 Å². The summed E-state index contributed by atoms with van der Waals surface area (Å²) in [5, 5.41) is 7.37. The zero-order valence-corrected chi connectivity index (χ0v) is 11.3. The molecule has 0 spiro atoms. The van der Waals surface area contributed by atoms with E-state index in [0.29, 0.717) is 24.3 Å². The number of nitrogens with one attached hydrogen (secondary N) is 1. The number of hydrogen-bond acceptors (Lipinski definition) is 5. The van der Waals surface area contributed by atoms with Crippen LogP contribution in [0.25, 0.3) is 0 Å². The molecule has 0 fully saturated rings. The van der Waals surface area contributed by atoms with Gasteiger partial charge in [0.15, 0.2) is 5.82 Å².